The molecule has 10 heteroatoms. The van der Waals surface area contributed by atoms with E-state index in [1.54, 1.807) is 18.3 Å². The SMILES string of the molecule is COCC(=O)Nc1ccc(-c2noc([C@@H]3CCCN3Cc3nc4ccccc4n3C)n2)cn1. The van der Waals surface area contributed by atoms with Gasteiger partial charge in [-0.05, 0) is 43.7 Å². The van der Waals surface area contributed by atoms with Gasteiger partial charge in [-0.3, -0.25) is 9.69 Å². The van der Waals surface area contributed by atoms with E-state index in [-0.39, 0.29) is 18.6 Å². The molecule has 4 aromatic rings. The monoisotopic (exact) mass is 447 g/mol. The van der Waals surface area contributed by atoms with E-state index in [0.717, 1.165) is 41.8 Å². The number of ether oxygens (including phenoxy) is 1. The largest absolute Gasteiger partial charge is 0.375 e. The van der Waals surface area contributed by atoms with Crippen molar-refractivity contribution in [1.29, 1.82) is 0 Å². The number of pyridine rings is 1. The number of aromatic nitrogens is 5. The van der Waals surface area contributed by atoms with E-state index in [1.807, 2.05) is 18.2 Å². The highest BCUT2D eigenvalue weighted by atomic mass is 16.5. The zero-order valence-electron chi connectivity index (χ0n) is 18.6. The van der Waals surface area contributed by atoms with Crippen molar-refractivity contribution in [2.45, 2.75) is 25.4 Å². The van der Waals surface area contributed by atoms with Crippen molar-refractivity contribution in [3.8, 4) is 11.4 Å². The Morgan fingerprint density at radius 2 is 2.12 bits per heavy atom. The van der Waals surface area contributed by atoms with Gasteiger partial charge in [0.05, 0.1) is 23.6 Å². The molecule has 1 fully saturated rings. The number of methoxy groups -OCH3 is 1. The fraction of sp³-hybridized carbons (Fsp3) is 0.348. The minimum atomic E-state index is -0.262. The standard InChI is InChI=1S/C23H25N7O3/c1-29-17-7-4-3-6-16(17)25-20(29)13-30-11-5-8-18(30)23-27-22(28-33-23)15-9-10-19(24-12-15)26-21(31)14-32-2/h3-4,6-7,9-10,12,18H,5,8,11,13-14H2,1-2H3,(H,24,26,31)/t18-/m0/s1. The number of hydrogen-bond donors (Lipinski definition) is 1. The van der Waals surface area contributed by atoms with Gasteiger partial charge in [0.2, 0.25) is 11.7 Å². The van der Waals surface area contributed by atoms with E-state index in [4.69, 9.17) is 14.2 Å². The van der Waals surface area contributed by atoms with Crippen LogP contribution in [-0.2, 0) is 23.1 Å². The summed E-state index contributed by atoms with van der Waals surface area (Å²) in [6.45, 7) is 1.64. The Hall–Kier alpha value is -3.63. The molecule has 1 aromatic carbocycles. The normalized spacial score (nSPS) is 16.5. The number of amides is 1. The second-order valence-corrected chi connectivity index (χ2v) is 8.07. The highest BCUT2D eigenvalue weighted by molar-refractivity contribution is 5.90. The van der Waals surface area contributed by atoms with Gasteiger partial charge in [-0.15, -0.1) is 0 Å². The van der Waals surface area contributed by atoms with Crippen molar-refractivity contribution in [3.05, 3.63) is 54.3 Å². The van der Waals surface area contributed by atoms with Crippen LogP contribution < -0.4 is 5.32 Å². The fourth-order valence-electron chi connectivity index (χ4n) is 4.21. The smallest absolute Gasteiger partial charge is 0.251 e. The van der Waals surface area contributed by atoms with Gasteiger partial charge in [-0.2, -0.15) is 4.98 Å². The Bertz CT molecular complexity index is 1260. The lowest BCUT2D eigenvalue weighted by molar-refractivity contribution is -0.119. The molecule has 3 aromatic heterocycles. The van der Waals surface area contributed by atoms with E-state index in [9.17, 15) is 4.79 Å². The highest BCUT2D eigenvalue weighted by Crippen LogP contribution is 2.33. The summed E-state index contributed by atoms with van der Waals surface area (Å²) in [7, 11) is 3.52. The summed E-state index contributed by atoms with van der Waals surface area (Å²) in [6, 6.07) is 11.7. The summed E-state index contributed by atoms with van der Waals surface area (Å²) < 4.78 is 12.6. The number of rotatable bonds is 7. The van der Waals surface area contributed by atoms with Crippen LogP contribution in [0.3, 0.4) is 0 Å². The predicted octanol–water partition coefficient (Wildman–Crippen LogP) is 2.94. The van der Waals surface area contributed by atoms with Gasteiger partial charge >= 0.3 is 0 Å². The predicted molar refractivity (Wildman–Crippen MR) is 121 cm³/mol. The molecule has 4 heterocycles. The van der Waals surface area contributed by atoms with Crippen LogP contribution in [-0.4, -0.2) is 55.7 Å². The Morgan fingerprint density at radius 1 is 1.24 bits per heavy atom. The van der Waals surface area contributed by atoms with Crippen molar-refractivity contribution in [3.63, 3.8) is 0 Å². The first-order valence-electron chi connectivity index (χ1n) is 10.9. The quantitative estimate of drug-likeness (QED) is 0.460. The number of para-hydroxylation sites is 2. The van der Waals surface area contributed by atoms with Crippen LogP contribution in [0.2, 0.25) is 0 Å². The van der Waals surface area contributed by atoms with Crippen LogP contribution in [0.5, 0.6) is 0 Å². The van der Waals surface area contributed by atoms with Gasteiger partial charge in [0.25, 0.3) is 5.91 Å². The van der Waals surface area contributed by atoms with E-state index in [2.05, 4.69) is 43.0 Å². The van der Waals surface area contributed by atoms with E-state index in [1.165, 1.54) is 7.11 Å². The average molecular weight is 447 g/mol. The number of hydrogen-bond acceptors (Lipinski definition) is 8. The van der Waals surface area contributed by atoms with Crippen LogP contribution in [0.25, 0.3) is 22.4 Å². The minimum absolute atomic E-state index is 0.0240. The molecule has 0 bridgehead atoms. The van der Waals surface area contributed by atoms with Crippen LogP contribution >= 0.6 is 0 Å². The summed E-state index contributed by atoms with van der Waals surface area (Å²) in [6.07, 6.45) is 3.63. The lowest BCUT2D eigenvalue weighted by Gasteiger charge is -2.20. The minimum Gasteiger partial charge on any atom is -0.375 e. The van der Waals surface area contributed by atoms with Gasteiger partial charge in [0, 0.05) is 25.9 Å². The molecule has 0 radical (unpaired) electrons. The maximum absolute atomic E-state index is 11.6. The number of imidazole rings is 1. The molecule has 1 N–H and O–H groups in total. The third kappa shape index (κ3) is 4.35. The molecule has 5 rings (SSSR count). The van der Waals surface area contributed by atoms with Crippen molar-refractivity contribution in [1.82, 2.24) is 29.6 Å². The van der Waals surface area contributed by atoms with Gasteiger partial charge in [0.15, 0.2) is 0 Å². The number of nitrogens with one attached hydrogen (secondary N) is 1. The third-order valence-electron chi connectivity index (χ3n) is 5.88. The third-order valence-corrected chi connectivity index (χ3v) is 5.88. The van der Waals surface area contributed by atoms with Gasteiger partial charge in [-0.1, -0.05) is 17.3 Å². The van der Waals surface area contributed by atoms with Crippen molar-refractivity contribution < 1.29 is 14.1 Å². The average Bonchev–Trinajstić information content (AvgIpc) is 3.55. The van der Waals surface area contributed by atoms with Crippen molar-refractivity contribution in [2.75, 3.05) is 25.6 Å². The number of likely N-dealkylation sites (tertiary alicyclic amines) is 1. The molecular weight excluding hydrogens is 422 g/mol. The summed E-state index contributed by atoms with van der Waals surface area (Å²) >= 11 is 0. The molecule has 0 saturated carbocycles. The maximum atomic E-state index is 11.6. The van der Waals surface area contributed by atoms with Crippen molar-refractivity contribution in [2.24, 2.45) is 7.05 Å². The second-order valence-electron chi connectivity index (χ2n) is 8.07. The zero-order valence-corrected chi connectivity index (χ0v) is 18.6. The molecule has 10 nitrogen and oxygen atoms in total. The first kappa shape index (κ1) is 21.2. The summed E-state index contributed by atoms with van der Waals surface area (Å²) in [5.74, 6) is 2.26. The first-order valence-corrected chi connectivity index (χ1v) is 10.9. The number of fused-ring (bicyclic) bond motifs is 1. The number of aryl methyl sites for hydroxylation is 1. The molecule has 1 aliphatic heterocycles. The molecule has 1 aliphatic rings. The first-order chi connectivity index (χ1) is 16.1. The molecule has 0 spiro atoms. The molecule has 0 aliphatic carbocycles. The summed E-state index contributed by atoms with van der Waals surface area (Å²) in [5.41, 5.74) is 2.84. The Balaban J connectivity index is 1.30. The van der Waals surface area contributed by atoms with E-state index >= 15 is 0 Å². The second kappa shape index (κ2) is 9.08. The molecule has 1 amide bonds. The number of carbonyl (C=O) groups is 1. The van der Waals surface area contributed by atoms with Gasteiger partial charge in [-0.25, -0.2) is 9.97 Å². The highest BCUT2D eigenvalue weighted by Gasteiger charge is 2.32. The van der Waals surface area contributed by atoms with Gasteiger partial charge in [0.1, 0.15) is 18.2 Å². The van der Waals surface area contributed by atoms with Crippen molar-refractivity contribution >= 4 is 22.8 Å². The topological polar surface area (TPSA) is 111 Å². The van der Waals surface area contributed by atoms with Crippen LogP contribution in [0, 0.1) is 0 Å². The number of nitrogens with zero attached hydrogens (tertiary/aromatic N) is 6. The number of benzene rings is 1. The van der Waals surface area contributed by atoms with E-state index in [0.29, 0.717) is 24.1 Å². The van der Waals surface area contributed by atoms with Gasteiger partial charge < -0.3 is 19.1 Å². The van der Waals surface area contributed by atoms with Crippen LogP contribution in [0.1, 0.15) is 30.6 Å². The summed E-state index contributed by atoms with van der Waals surface area (Å²) in [4.78, 5) is 27.7. The lowest BCUT2D eigenvalue weighted by Crippen LogP contribution is -2.24. The zero-order chi connectivity index (χ0) is 22.8. The lowest BCUT2D eigenvalue weighted by atomic mass is 10.2. The Morgan fingerprint density at radius 3 is 2.91 bits per heavy atom. The number of anilines is 1. The van der Waals surface area contributed by atoms with Crippen LogP contribution in [0.15, 0.2) is 47.1 Å². The number of carbonyl (C=O) groups excluding carboxylic acids is 1. The van der Waals surface area contributed by atoms with E-state index < -0.39 is 0 Å². The summed E-state index contributed by atoms with van der Waals surface area (Å²) in [5, 5.41) is 6.82. The Kier molecular flexibility index (Phi) is 5.84. The van der Waals surface area contributed by atoms with Crippen LogP contribution in [0.4, 0.5) is 5.82 Å². The molecule has 0 unspecified atom stereocenters. The molecule has 33 heavy (non-hydrogen) atoms. The fourth-order valence-corrected chi connectivity index (χ4v) is 4.21. The Labute approximate surface area is 190 Å². The molecule has 1 atom stereocenters. The molecule has 1 saturated heterocycles. The molecular formula is C23H25N7O3. The maximum Gasteiger partial charge on any atom is 0.251 e. The molecule has 170 valence electrons.